The van der Waals surface area contributed by atoms with Crippen LogP contribution in [0.25, 0.3) is 33.0 Å². The summed E-state index contributed by atoms with van der Waals surface area (Å²) in [5, 5.41) is 23.3. The monoisotopic (exact) mass is 393 g/mol. The summed E-state index contributed by atoms with van der Waals surface area (Å²) in [5.41, 5.74) is 4.53. The molecule has 0 aliphatic rings. The fourth-order valence-electron chi connectivity index (χ4n) is 3.22. The third kappa shape index (κ3) is 2.93. The molecule has 9 nitrogen and oxygen atoms in total. The molecule has 144 valence electrons. The number of rotatable bonds is 4. The summed E-state index contributed by atoms with van der Waals surface area (Å²) in [6.07, 6.45) is 0. The van der Waals surface area contributed by atoms with Crippen molar-refractivity contribution < 1.29 is 0 Å². The number of benzene rings is 2. The number of azo groups is 1. The molecular formula is C21H15N9. The van der Waals surface area contributed by atoms with Gasteiger partial charge in [0.2, 0.25) is 11.5 Å². The van der Waals surface area contributed by atoms with Crippen molar-refractivity contribution in [1.82, 2.24) is 30.0 Å². The van der Waals surface area contributed by atoms with Gasteiger partial charge in [0.25, 0.3) is 5.69 Å². The van der Waals surface area contributed by atoms with Crippen molar-refractivity contribution in [2.24, 2.45) is 10.2 Å². The van der Waals surface area contributed by atoms with Crippen LogP contribution in [0.3, 0.4) is 0 Å². The Labute approximate surface area is 170 Å². The Morgan fingerprint density at radius 2 is 1.60 bits per heavy atom. The molecule has 3 aromatic heterocycles. The van der Waals surface area contributed by atoms with E-state index in [1.54, 1.807) is 11.6 Å². The van der Waals surface area contributed by atoms with Gasteiger partial charge in [-0.1, -0.05) is 60.7 Å². The highest BCUT2D eigenvalue weighted by Crippen LogP contribution is 2.39. The summed E-state index contributed by atoms with van der Waals surface area (Å²) in [4.78, 5) is 8.06. The van der Waals surface area contributed by atoms with E-state index in [0.717, 1.165) is 16.8 Å². The topological polar surface area (TPSA) is 104 Å². The van der Waals surface area contributed by atoms with E-state index in [1.165, 1.54) is 0 Å². The molecule has 0 fully saturated rings. The molecule has 0 amide bonds. The lowest BCUT2D eigenvalue weighted by atomic mass is 10.1. The molecule has 3 heterocycles. The number of aryl methyl sites for hydroxylation is 1. The lowest BCUT2D eigenvalue weighted by molar-refractivity contribution is 0.809. The van der Waals surface area contributed by atoms with E-state index < -0.39 is 0 Å². The van der Waals surface area contributed by atoms with Crippen LogP contribution in [-0.2, 0) is 0 Å². The summed E-state index contributed by atoms with van der Waals surface area (Å²) in [7, 11) is 0. The highest BCUT2D eigenvalue weighted by molar-refractivity contribution is 5.84. The minimum absolute atomic E-state index is 0.221. The average molecular weight is 393 g/mol. The number of hydrogen-bond acceptors (Lipinski definition) is 5. The molecule has 30 heavy (non-hydrogen) atoms. The van der Waals surface area contributed by atoms with Gasteiger partial charge in [-0.2, -0.15) is 9.73 Å². The van der Waals surface area contributed by atoms with E-state index >= 15 is 0 Å². The largest absolute Gasteiger partial charge is 0.287 e. The SMILES string of the molecule is [C-]#[N+]c1c(N=Nc2c(-c3ccccc3)[nH]n3nc(C)nc23)n[nH]c1-c1ccccc1. The number of H-pyrrole nitrogens is 2. The van der Waals surface area contributed by atoms with E-state index in [9.17, 15) is 0 Å². The van der Waals surface area contributed by atoms with E-state index in [4.69, 9.17) is 6.57 Å². The molecule has 0 aliphatic heterocycles. The van der Waals surface area contributed by atoms with Gasteiger partial charge < -0.3 is 0 Å². The predicted octanol–water partition coefficient (Wildman–Crippen LogP) is 5.39. The number of nitrogens with one attached hydrogen (secondary N) is 2. The van der Waals surface area contributed by atoms with Gasteiger partial charge in [-0.25, -0.2) is 9.83 Å². The van der Waals surface area contributed by atoms with Gasteiger partial charge in [-0.05, 0) is 12.5 Å². The summed E-state index contributed by atoms with van der Waals surface area (Å²) < 4.78 is 1.57. The van der Waals surface area contributed by atoms with Gasteiger partial charge >= 0.3 is 0 Å². The molecular weight excluding hydrogens is 378 g/mol. The van der Waals surface area contributed by atoms with Crippen molar-refractivity contribution in [3.63, 3.8) is 0 Å². The van der Waals surface area contributed by atoms with E-state index in [2.05, 4.69) is 40.5 Å². The quantitative estimate of drug-likeness (QED) is 0.316. The highest BCUT2D eigenvalue weighted by Gasteiger charge is 2.18. The van der Waals surface area contributed by atoms with Crippen molar-refractivity contribution in [2.45, 2.75) is 6.92 Å². The number of aromatic nitrogens is 6. The fourth-order valence-corrected chi connectivity index (χ4v) is 3.22. The first-order valence-electron chi connectivity index (χ1n) is 9.18. The van der Waals surface area contributed by atoms with Crippen molar-refractivity contribution >= 4 is 22.8 Å². The maximum Gasteiger partial charge on any atom is 0.259 e. The van der Waals surface area contributed by atoms with Crippen LogP contribution in [0.15, 0.2) is 70.9 Å². The summed E-state index contributed by atoms with van der Waals surface area (Å²) in [6.45, 7) is 9.39. The second-order valence-corrected chi connectivity index (χ2v) is 6.54. The fraction of sp³-hybridized carbons (Fsp3) is 0.0476. The van der Waals surface area contributed by atoms with E-state index in [-0.39, 0.29) is 5.82 Å². The zero-order chi connectivity index (χ0) is 20.5. The van der Waals surface area contributed by atoms with Crippen molar-refractivity contribution in [2.75, 3.05) is 0 Å². The zero-order valence-corrected chi connectivity index (χ0v) is 15.9. The minimum Gasteiger partial charge on any atom is -0.287 e. The second kappa shape index (κ2) is 7.10. The first-order valence-corrected chi connectivity index (χ1v) is 9.18. The number of hydrogen-bond donors (Lipinski definition) is 2. The van der Waals surface area contributed by atoms with Gasteiger partial charge in [0, 0.05) is 5.56 Å². The van der Waals surface area contributed by atoms with E-state index in [1.807, 2.05) is 60.7 Å². The smallest absolute Gasteiger partial charge is 0.259 e. The maximum absolute atomic E-state index is 7.59. The molecule has 0 unspecified atom stereocenters. The summed E-state index contributed by atoms with van der Waals surface area (Å²) >= 11 is 0. The summed E-state index contributed by atoms with van der Waals surface area (Å²) in [6, 6.07) is 19.3. The molecule has 5 rings (SSSR count). The standard InChI is InChI=1S/C21H15N9/c1-13-23-21-19(17(29-30(21)28-13)15-11-7-4-8-12-15)25-27-20-18(22-2)16(24-26-20)14-9-5-3-6-10-14/h3-12,29H,1H3,(H,24,26). The molecule has 2 aromatic carbocycles. The molecule has 2 N–H and O–H groups in total. The molecule has 0 spiro atoms. The highest BCUT2D eigenvalue weighted by atomic mass is 15.5. The van der Waals surface area contributed by atoms with Gasteiger partial charge in [0.1, 0.15) is 5.82 Å². The van der Waals surface area contributed by atoms with Crippen molar-refractivity contribution in [1.29, 1.82) is 0 Å². The normalized spacial score (nSPS) is 11.3. The Morgan fingerprint density at radius 3 is 2.27 bits per heavy atom. The first kappa shape index (κ1) is 17.5. The molecule has 0 saturated heterocycles. The van der Waals surface area contributed by atoms with E-state index in [0.29, 0.717) is 28.5 Å². The van der Waals surface area contributed by atoms with Crippen LogP contribution in [0, 0.1) is 13.5 Å². The Balaban J connectivity index is 1.61. The van der Waals surface area contributed by atoms with Crippen LogP contribution in [0.1, 0.15) is 5.82 Å². The number of nitrogens with zero attached hydrogens (tertiary/aromatic N) is 7. The minimum atomic E-state index is 0.221. The number of fused-ring (bicyclic) bond motifs is 1. The van der Waals surface area contributed by atoms with Gasteiger partial charge in [-0.15, -0.1) is 15.3 Å². The first-order chi connectivity index (χ1) is 14.7. The average Bonchev–Trinajstić information content (AvgIpc) is 3.45. The van der Waals surface area contributed by atoms with Crippen LogP contribution in [-0.4, -0.2) is 30.0 Å². The third-order valence-electron chi connectivity index (χ3n) is 4.58. The predicted molar refractivity (Wildman–Crippen MR) is 112 cm³/mol. The van der Waals surface area contributed by atoms with Crippen molar-refractivity contribution in [3.05, 3.63) is 77.9 Å². The molecule has 0 aliphatic carbocycles. The molecule has 0 radical (unpaired) electrons. The molecule has 0 saturated carbocycles. The Morgan fingerprint density at radius 1 is 0.933 bits per heavy atom. The maximum atomic E-state index is 7.59. The molecule has 0 atom stereocenters. The molecule has 5 aromatic rings. The Bertz CT molecular complexity index is 1400. The third-order valence-corrected chi connectivity index (χ3v) is 4.58. The van der Waals surface area contributed by atoms with Gasteiger partial charge in [0.15, 0.2) is 5.69 Å². The van der Waals surface area contributed by atoms with Crippen LogP contribution in [0.2, 0.25) is 0 Å². The zero-order valence-electron chi connectivity index (χ0n) is 15.9. The number of aromatic amines is 2. The van der Waals surface area contributed by atoms with Gasteiger partial charge in [-0.3, -0.25) is 10.2 Å². The Hall–Kier alpha value is -4.58. The summed E-state index contributed by atoms with van der Waals surface area (Å²) in [5.74, 6) is 0.837. The lowest BCUT2D eigenvalue weighted by Gasteiger charge is -1.98. The van der Waals surface area contributed by atoms with Crippen LogP contribution in [0.5, 0.6) is 0 Å². The lowest BCUT2D eigenvalue weighted by Crippen LogP contribution is -1.87. The van der Waals surface area contributed by atoms with Gasteiger partial charge in [0.05, 0.1) is 18.0 Å². The molecule has 0 bridgehead atoms. The van der Waals surface area contributed by atoms with Crippen LogP contribution in [0.4, 0.5) is 17.2 Å². The van der Waals surface area contributed by atoms with Crippen LogP contribution >= 0.6 is 0 Å². The van der Waals surface area contributed by atoms with Crippen LogP contribution < -0.4 is 0 Å². The Kier molecular flexibility index (Phi) is 4.15. The second-order valence-electron chi connectivity index (χ2n) is 6.54. The molecule has 9 heteroatoms. The van der Waals surface area contributed by atoms with Crippen molar-refractivity contribution in [3.8, 4) is 22.5 Å².